The zero-order chi connectivity index (χ0) is 23.9. The number of hydrogen-bond donors (Lipinski definition) is 1. The summed E-state index contributed by atoms with van der Waals surface area (Å²) in [5.41, 5.74) is 1.89. The van der Waals surface area contributed by atoms with Crippen LogP contribution in [0.4, 0.5) is 8.78 Å². The Labute approximate surface area is 189 Å². The van der Waals surface area contributed by atoms with Crippen molar-refractivity contribution in [3.8, 4) is 11.3 Å². The third kappa shape index (κ3) is 4.21. The zero-order valence-corrected chi connectivity index (χ0v) is 18.8. The molecular weight excluding hydrogens is 454 g/mol. The average Bonchev–Trinajstić information content (AvgIpc) is 3.19. The van der Waals surface area contributed by atoms with Gasteiger partial charge in [0.05, 0.1) is 41.4 Å². The van der Waals surface area contributed by atoms with E-state index < -0.39 is 40.6 Å². The van der Waals surface area contributed by atoms with Gasteiger partial charge >= 0.3 is 5.97 Å². The van der Waals surface area contributed by atoms with Gasteiger partial charge in [0, 0.05) is 17.5 Å². The summed E-state index contributed by atoms with van der Waals surface area (Å²) in [5.74, 6) is -1.34. The normalized spacial score (nSPS) is 19.2. The summed E-state index contributed by atoms with van der Waals surface area (Å²) in [5, 5.41) is 10.2. The van der Waals surface area contributed by atoms with Crippen LogP contribution in [-0.2, 0) is 14.8 Å². The van der Waals surface area contributed by atoms with Crippen molar-refractivity contribution in [2.24, 2.45) is 0 Å². The first kappa shape index (κ1) is 23.2. The molecule has 33 heavy (non-hydrogen) atoms. The molecule has 3 aromatic rings. The lowest BCUT2D eigenvalue weighted by Gasteiger charge is -2.22. The number of aliphatic hydroxyl groups excluding tert-OH is 1. The average molecular weight is 477 g/mol. The van der Waals surface area contributed by atoms with Gasteiger partial charge in [-0.25, -0.2) is 27.0 Å². The first-order chi connectivity index (χ1) is 15.6. The van der Waals surface area contributed by atoms with Gasteiger partial charge in [0.1, 0.15) is 12.0 Å². The van der Waals surface area contributed by atoms with Crippen LogP contribution in [0, 0.1) is 12.7 Å². The summed E-state index contributed by atoms with van der Waals surface area (Å²) in [4.78, 5) is 16.0. The molecule has 0 unspecified atom stereocenters. The van der Waals surface area contributed by atoms with E-state index in [0.717, 1.165) is 21.3 Å². The monoisotopic (exact) mass is 476 g/mol. The fourth-order valence-corrected chi connectivity index (χ4v) is 5.74. The number of fused-ring (bicyclic) bond motifs is 1. The van der Waals surface area contributed by atoms with Crippen molar-refractivity contribution in [1.82, 2.24) is 9.29 Å². The number of carbonyl (C=O) groups excluding carboxylic acids is 1. The Bertz CT molecular complexity index is 1350. The van der Waals surface area contributed by atoms with E-state index in [0.29, 0.717) is 11.1 Å². The molecule has 2 heterocycles. The minimum absolute atomic E-state index is 0.0749. The fourth-order valence-electron chi connectivity index (χ4n) is 4.08. The molecule has 2 atom stereocenters. The standard InChI is InChI=1S/C23H22F2N2O5S/c1-13-7-21(26-22-8-14(23(29)32-2)3-5-18(13)22)19-6-4-17(10-20(19)25)33(30,31)27-11-15(24)9-16(27)12-28/h3-8,10,15-16,28H,9,11-12H2,1-2H3/t15-,16-/m0/s1. The maximum Gasteiger partial charge on any atom is 0.337 e. The lowest BCUT2D eigenvalue weighted by atomic mass is 10.0. The minimum Gasteiger partial charge on any atom is -0.465 e. The predicted molar refractivity (Wildman–Crippen MR) is 117 cm³/mol. The topological polar surface area (TPSA) is 96.8 Å². The highest BCUT2D eigenvalue weighted by Gasteiger charge is 2.40. The molecule has 174 valence electrons. The van der Waals surface area contributed by atoms with Crippen molar-refractivity contribution in [2.75, 3.05) is 20.3 Å². The minimum atomic E-state index is -4.19. The number of aryl methyl sites for hydroxylation is 1. The van der Waals surface area contributed by atoms with Crippen LogP contribution in [-0.4, -0.2) is 61.3 Å². The number of nitrogens with zero attached hydrogens (tertiary/aromatic N) is 2. The number of sulfonamides is 1. The van der Waals surface area contributed by atoms with Crippen molar-refractivity contribution < 1.29 is 31.8 Å². The molecule has 1 saturated heterocycles. The van der Waals surface area contributed by atoms with Crippen LogP contribution in [0.1, 0.15) is 22.3 Å². The first-order valence-electron chi connectivity index (χ1n) is 10.2. The van der Waals surface area contributed by atoms with Gasteiger partial charge in [0.15, 0.2) is 0 Å². The van der Waals surface area contributed by atoms with Crippen LogP contribution in [0.5, 0.6) is 0 Å². The molecule has 0 bridgehead atoms. The number of methoxy groups -OCH3 is 1. The second kappa shape index (κ2) is 8.77. The molecule has 0 saturated carbocycles. The van der Waals surface area contributed by atoms with Gasteiger partial charge in [0.2, 0.25) is 10.0 Å². The molecule has 0 radical (unpaired) electrons. The van der Waals surface area contributed by atoms with E-state index in [4.69, 9.17) is 4.74 Å². The van der Waals surface area contributed by atoms with E-state index in [9.17, 15) is 22.7 Å². The van der Waals surface area contributed by atoms with E-state index in [1.165, 1.54) is 19.2 Å². The van der Waals surface area contributed by atoms with Gasteiger partial charge in [-0.05, 0) is 55.3 Å². The maximum absolute atomic E-state index is 15.1. The lowest BCUT2D eigenvalue weighted by molar-refractivity contribution is 0.0601. The highest BCUT2D eigenvalue weighted by molar-refractivity contribution is 7.89. The largest absolute Gasteiger partial charge is 0.465 e. The quantitative estimate of drug-likeness (QED) is 0.568. The number of esters is 1. The fraction of sp³-hybridized carbons (Fsp3) is 0.304. The highest BCUT2D eigenvalue weighted by Crippen LogP contribution is 2.31. The predicted octanol–water partition coefficient (Wildman–Crippen LogP) is 3.23. The number of ether oxygens (including phenoxy) is 1. The van der Waals surface area contributed by atoms with Crippen LogP contribution >= 0.6 is 0 Å². The number of pyridine rings is 1. The third-order valence-electron chi connectivity index (χ3n) is 5.78. The molecule has 0 spiro atoms. The number of benzene rings is 2. The Morgan fingerprint density at radius 1 is 1.24 bits per heavy atom. The molecule has 2 aromatic carbocycles. The number of carbonyl (C=O) groups is 1. The van der Waals surface area contributed by atoms with Crippen LogP contribution in [0.3, 0.4) is 0 Å². The SMILES string of the molecule is COC(=O)c1ccc2c(C)cc(-c3ccc(S(=O)(=O)N4C[C@@H](F)C[C@H]4CO)cc3F)nc2c1. The number of rotatable bonds is 5. The lowest BCUT2D eigenvalue weighted by Crippen LogP contribution is -2.37. The van der Waals surface area contributed by atoms with Crippen molar-refractivity contribution in [1.29, 1.82) is 0 Å². The summed E-state index contributed by atoms with van der Waals surface area (Å²) >= 11 is 0. The smallest absolute Gasteiger partial charge is 0.337 e. The number of aliphatic hydroxyl groups is 1. The van der Waals surface area contributed by atoms with E-state index >= 15 is 4.39 Å². The zero-order valence-electron chi connectivity index (χ0n) is 18.0. The number of aromatic nitrogens is 1. The molecule has 4 rings (SSSR count). The molecule has 1 aliphatic heterocycles. The molecule has 1 aromatic heterocycles. The van der Waals surface area contributed by atoms with Crippen LogP contribution in [0.15, 0.2) is 47.4 Å². The number of hydrogen-bond acceptors (Lipinski definition) is 6. The van der Waals surface area contributed by atoms with Gasteiger partial charge in [-0.3, -0.25) is 0 Å². The summed E-state index contributed by atoms with van der Waals surface area (Å²) < 4.78 is 60.3. The summed E-state index contributed by atoms with van der Waals surface area (Å²) in [7, 11) is -2.92. The van der Waals surface area contributed by atoms with Crippen LogP contribution < -0.4 is 0 Å². The van der Waals surface area contributed by atoms with Gasteiger partial charge in [-0.2, -0.15) is 4.31 Å². The Morgan fingerprint density at radius 3 is 2.67 bits per heavy atom. The maximum atomic E-state index is 15.1. The summed E-state index contributed by atoms with van der Waals surface area (Å²) in [6.45, 7) is 0.913. The Morgan fingerprint density at radius 2 is 2.00 bits per heavy atom. The number of alkyl halides is 1. The van der Waals surface area contributed by atoms with Crippen molar-refractivity contribution in [3.05, 3.63) is 59.4 Å². The van der Waals surface area contributed by atoms with Gasteiger partial charge in [-0.1, -0.05) is 6.07 Å². The van der Waals surface area contributed by atoms with E-state index in [1.54, 1.807) is 24.3 Å². The molecule has 1 fully saturated rings. The van der Waals surface area contributed by atoms with Gasteiger partial charge in [-0.15, -0.1) is 0 Å². The Hall–Kier alpha value is -2.95. The Kier molecular flexibility index (Phi) is 6.17. The third-order valence-corrected chi connectivity index (χ3v) is 7.70. The summed E-state index contributed by atoms with van der Waals surface area (Å²) in [6, 6.07) is 9.08. The summed E-state index contributed by atoms with van der Waals surface area (Å²) in [6.07, 6.45) is -1.50. The van der Waals surface area contributed by atoms with Crippen LogP contribution in [0.2, 0.25) is 0 Å². The first-order valence-corrected chi connectivity index (χ1v) is 11.7. The van der Waals surface area contributed by atoms with Crippen LogP contribution in [0.25, 0.3) is 22.2 Å². The van der Waals surface area contributed by atoms with Crippen molar-refractivity contribution in [3.63, 3.8) is 0 Å². The molecule has 7 nitrogen and oxygen atoms in total. The van der Waals surface area contributed by atoms with E-state index in [2.05, 4.69) is 4.98 Å². The van der Waals surface area contributed by atoms with Gasteiger partial charge < -0.3 is 9.84 Å². The van der Waals surface area contributed by atoms with Gasteiger partial charge in [0.25, 0.3) is 0 Å². The number of halogens is 2. The second-order valence-electron chi connectivity index (χ2n) is 7.93. The van der Waals surface area contributed by atoms with Crippen molar-refractivity contribution >= 4 is 26.9 Å². The molecule has 0 aliphatic carbocycles. The molecule has 1 aliphatic rings. The molecule has 1 N–H and O–H groups in total. The molecular formula is C23H22F2N2O5S. The van der Waals surface area contributed by atoms with Crippen molar-refractivity contribution in [2.45, 2.75) is 30.5 Å². The second-order valence-corrected chi connectivity index (χ2v) is 9.82. The Balaban J connectivity index is 1.74. The van der Waals surface area contributed by atoms with E-state index in [1.807, 2.05) is 6.92 Å². The van der Waals surface area contributed by atoms with E-state index in [-0.39, 0.29) is 29.1 Å². The molecule has 0 amide bonds. The highest BCUT2D eigenvalue weighted by atomic mass is 32.2. The molecule has 10 heteroatoms.